The van der Waals surface area contributed by atoms with E-state index in [-0.39, 0.29) is 21.7 Å². The van der Waals surface area contributed by atoms with Crippen molar-refractivity contribution in [3.63, 3.8) is 0 Å². The topological polar surface area (TPSA) is 28.2 Å². The standard InChI is InChI=1S/C17H30PSi.2C2H6N.Ti/c1-12-13(2)15(4)17(14(12)3)19(5,6)18-16-10-8-7-9-11-16;2*1-3-2;/h16,18H,7-11H2,1-6H3;2*1-2H3;/q;2*-1;+3. The van der Waals surface area contributed by atoms with Gasteiger partial charge in [0.2, 0.25) is 0 Å². The van der Waals surface area contributed by atoms with Crippen molar-refractivity contribution >= 4 is 15.9 Å². The van der Waals surface area contributed by atoms with Crippen molar-refractivity contribution in [1.29, 1.82) is 0 Å². The van der Waals surface area contributed by atoms with Crippen molar-refractivity contribution in [1.82, 2.24) is 0 Å². The van der Waals surface area contributed by atoms with Gasteiger partial charge in [0.05, 0.1) is 7.74 Å². The van der Waals surface area contributed by atoms with Crippen LogP contribution in [-0.4, -0.2) is 41.6 Å². The second-order valence-corrected chi connectivity index (χ2v) is 17.3. The minimum absolute atomic E-state index is 0. The molecule has 0 N–H and O–H groups in total. The minimum atomic E-state index is -1.24. The molecule has 0 amide bonds. The summed E-state index contributed by atoms with van der Waals surface area (Å²) < 4.78 is 0. The van der Waals surface area contributed by atoms with E-state index in [2.05, 4.69) is 51.4 Å². The Hall–Kier alpha value is 1.28. The molecule has 2 fully saturated rings. The molecule has 0 bridgehead atoms. The Labute approximate surface area is 183 Å². The molecule has 2 aliphatic carbocycles. The van der Waals surface area contributed by atoms with Gasteiger partial charge in [-0.15, -0.1) is 8.13 Å². The second kappa shape index (κ2) is 15.2. The Bertz CT molecular complexity index is 322. The Balaban J connectivity index is 0. The quantitative estimate of drug-likeness (QED) is 0.343. The van der Waals surface area contributed by atoms with Crippen molar-refractivity contribution in [3.8, 4) is 0 Å². The molecule has 0 aromatic carbocycles. The van der Waals surface area contributed by atoms with E-state index in [0.717, 1.165) is 5.66 Å². The summed E-state index contributed by atoms with van der Waals surface area (Å²) in [5.41, 5.74) is 2.84. The molecule has 2 saturated carbocycles. The monoisotopic (exact) mass is 429 g/mol. The van der Waals surface area contributed by atoms with Crippen LogP contribution in [0.2, 0.25) is 13.1 Å². The van der Waals surface area contributed by atoms with Crippen LogP contribution >= 0.6 is 8.13 Å². The molecule has 1 unspecified atom stereocenters. The number of hydrogen-bond acceptors (Lipinski definition) is 0. The predicted molar refractivity (Wildman–Crippen MR) is 122 cm³/mol. The molecule has 0 spiro atoms. The first-order chi connectivity index (χ1) is 11.7. The first kappa shape index (κ1) is 29.5. The van der Waals surface area contributed by atoms with Gasteiger partial charge < -0.3 is 10.6 Å². The zero-order valence-corrected chi connectivity index (χ0v) is 22.6. The maximum Gasteiger partial charge on any atom is 3.00 e. The smallest absolute Gasteiger partial charge is 0.668 e. The molecule has 148 valence electrons. The van der Waals surface area contributed by atoms with Crippen LogP contribution < -0.4 is 0 Å². The van der Waals surface area contributed by atoms with Crippen LogP contribution in [0.5, 0.6) is 0 Å². The van der Waals surface area contributed by atoms with Crippen LogP contribution in [0.3, 0.4) is 0 Å². The Morgan fingerprint density at radius 2 is 1.08 bits per heavy atom. The van der Waals surface area contributed by atoms with E-state index in [9.17, 15) is 0 Å². The van der Waals surface area contributed by atoms with E-state index in [1.165, 1.54) is 40.2 Å². The molecule has 5 heteroatoms. The van der Waals surface area contributed by atoms with E-state index in [4.69, 9.17) is 0 Å². The molecule has 0 aromatic rings. The van der Waals surface area contributed by atoms with Gasteiger partial charge in [-0.2, -0.15) is 28.2 Å². The van der Waals surface area contributed by atoms with Gasteiger partial charge >= 0.3 is 21.7 Å². The molecule has 26 heavy (non-hydrogen) atoms. The molecule has 1 atom stereocenters. The molecular formula is C21H42N2PSiTi+. The average Bonchev–Trinajstić information content (AvgIpc) is 2.73. The molecule has 2 nitrogen and oxygen atoms in total. The van der Waals surface area contributed by atoms with E-state index in [1.807, 2.05) is 0 Å². The SMILES string of the molecule is C[C]1[C](C)[C](C)[C]([Si](C)(C)PC2CCCCC2)[C]1C.C[N-]C.C[N-]C.[Ti+3]. The van der Waals surface area contributed by atoms with Gasteiger partial charge in [-0.05, 0) is 47.7 Å². The zero-order chi connectivity index (χ0) is 19.6. The van der Waals surface area contributed by atoms with Crippen molar-refractivity contribution in [2.24, 2.45) is 0 Å². The first-order valence-corrected chi connectivity index (χ1v) is 14.7. The van der Waals surface area contributed by atoms with E-state index < -0.39 is 7.74 Å². The summed E-state index contributed by atoms with van der Waals surface area (Å²) in [6, 6.07) is 0. The fourth-order valence-corrected chi connectivity index (χ4v) is 13.6. The van der Waals surface area contributed by atoms with Gasteiger partial charge in [0.1, 0.15) is 0 Å². The van der Waals surface area contributed by atoms with Crippen LogP contribution in [0.4, 0.5) is 0 Å². The van der Waals surface area contributed by atoms with Crippen LogP contribution in [-0.2, 0) is 21.7 Å². The third-order valence-corrected chi connectivity index (χ3v) is 13.1. The molecule has 0 aromatic heterocycles. The summed E-state index contributed by atoms with van der Waals surface area (Å²) in [6.45, 7) is 14.6. The van der Waals surface area contributed by atoms with Crippen LogP contribution in [0.25, 0.3) is 10.6 Å². The number of hydrogen-bond donors (Lipinski definition) is 0. The van der Waals surface area contributed by atoms with Crippen molar-refractivity contribution < 1.29 is 21.7 Å². The first-order valence-electron chi connectivity index (χ1n) is 9.64. The predicted octanol–water partition coefficient (Wildman–Crippen LogP) is 6.94. The third kappa shape index (κ3) is 9.19. The summed E-state index contributed by atoms with van der Waals surface area (Å²) in [5, 5.41) is 7.00. The summed E-state index contributed by atoms with van der Waals surface area (Å²) in [6.07, 6.45) is 7.46. The second-order valence-electron chi connectivity index (χ2n) is 7.87. The summed E-state index contributed by atoms with van der Waals surface area (Å²) >= 11 is 0. The Morgan fingerprint density at radius 3 is 1.42 bits per heavy atom. The van der Waals surface area contributed by atoms with Crippen molar-refractivity contribution in [3.05, 3.63) is 39.8 Å². The molecule has 6 radical (unpaired) electrons. The van der Waals surface area contributed by atoms with Gasteiger partial charge in [0, 0.05) is 0 Å². The van der Waals surface area contributed by atoms with Gasteiger partial charge in [-0.3, -0.25) is 0 Å². The normalized spacial score (nSPS) is 21.9. The molecule has 0 aliphatic heterocycles. The largest absolute Gasteiger partial charge is 3.00 e. The fourth-order valence-electron chi connectivity index (χ4n) is 3.99. The zero-order valence-electron chi connectivity index (χ0n) is 19.0. The molecule has 0 heterocycles. The van der Waals surface area contributed by atoms with Crippen molar-refractivity contribution in [2.45, 2.75) is 78.6 Å². The average molecular weight is 430 g/mol. The Kier molecular flexibility index (Phi) is 17.2. The maximum atomic E-state index is 3.50. The minimum Gasteiger partial charge on any atom is -0.668 e. The third-order valence-electron chi connectivity index (χ3n) is 5.23. The number of rotatable bonds is 3. The van der Waals surface area contributed by atoms with Crippen LogP contribution in [0, 0.1) is 29.2 Å². The summed E-state index contributed by atoms with van der Waals surface area (Å²) in [5.74, 6) is 6.35. The van der Waals surface area contributed by atoms with Crippen LogP contribution in [0.15, 0.2) is 0 Å². The fraction of sp³-hybridized carbons (Fsp3) is 0.762. The van der Waals surface area contributed by atoms with Gasteiger partial charge in [0.15, 0.2) is 0 Å². The Morgan fingerprint density at radius 1 is 0.731 bits per heavy atom. The van der Waals surface area contributed by atoms with Gasteiger partial charge in [0.25, 0.3) is 0 Å². The summed E-state index contributed by atoms with van der Waals surface area (Å²) in [7, 11) is 6.99. The van der Waals surface area contributed by atoms with E-state index >= 15 is 0 Å². The van der Waals surface area contributed by atoms with Gasteiger partial charge in [-0.1, -0.05) is 60.1 Å². The van der Waals surface area contributed by atoms with E-state index in [0.29, 0.717) is 0 Å². The molecular weight excluding hydrogens is 387 g/mol. The summed E-state index contributed by atoms with van der Waals surface area (Å²) in [4.78, 5) is 0. The van der Waals surface area contributed by atoms with Gasteiger partial charge in [-0.25, -0.2) is 0 Å². The maximum absolute atomic E-state index is 3.50. The van der Waals surface area contributed by atoms with Crippen molar-refractivity contribution in [2.75, 3.05) is 28.2 Å². The molecule has 0 saturated heterocycles. The van der Waals surface area contributed by atoms with E-state index in [1.54, 1.807) is 57.4 Å². The number of nitrogens with zero attached hydrogens (tertiary/aromatic N) is 2. The molecule has 2 rings (SSSR count). The van der Waals surface area contributed by atoms with Crippen LogP contribution in [0.1, 0.15) is 59.8 Å². The molecule has 2 aliphatic rings.